The second-order valence-corrected chi connectivity index (χ2v) is 8.14. The average Bonchev–Trinajstić information content (AvgIpc) is 3.30. The van der Waals surface area contributed by atoms with Crippen molar-refractivity contribution >= 4 is 28.7 Å². The van der Waals surface area contributed by atoms with E-state index in [1.54, 1.807) is 10.6 Å². The minimum atomic E-state index is -0.288. The van der Waals surface area contributed by atoms with Gasteiger partial charge in [-0.25, -0.2) is 4.79 Å². The largest absolute Gasteiger partial charge is 0.349 e. The number of rotatable bonds is 8. The Morgan fingerprint density at radius 2 is 1.62 bits per heavy atom. The Hall–Kier alpha value is -4.13. The number of nitrogens with zero attached hydrogens (tertiary/aromatic N) is 2. The smallest absolute Gasteiger partial charge is 0.331 e. The molecule has 2 heterocycles. The highest BCUT2D eigenvalue weighted by Crippen LogP contribution is 2.23. The van der Waals surface area contributed by atoms with Crippen LogP contribution in [-0.2, 0) is 17.9 Å². The SMILES string of the molecule is CCCn1c(=O)c2[nH]c(-c3ccc(/C=C/C(=O)Nc4ccccc4)cc3)cc2n(CCC)c1=O. The van der Waals surface area contributed by atoms with E-state index in [9.17, 15) is 14.4 Å². The monoisotopic (exact) mass is 456 g/mol. The van der Waals surface area contributed by atoms with Crippen LogP contribution in [0.3, 0.4) is 0 Å². The molecule has 0 aliphatic carbocycles. The summed E-state index contributed by atoms with van der Waals surface area (Å²) >= 11 is 0. The lowest BCUT2D eigenvalue weighted by atomic mass is 10.1. The van der Waals surface area contributed by atoms with Crippen LogP contribution >= 0.6 is 0 Å². The van der Waals surface area contributed by atoms with Crippen molar-refractivity contribution in [1.82, 2.24) is 14.1 Å². The number of hydrogen-bond donors (Lipinski definition) is 2. The predicted octanol–water partition coefficient (Wildman–Crippen LogP) is 4.63. The lowest BCUT2D eigenvalue weighted by Gasteiger charge is -2.10. The van der Waals surface area contributed by atoms with Crippen molar-refractivity contribution in [1.29, 1.82) is 0 Å². The average molecular weight is 457 g/mol. The Morgan fingerprint density at radius 3 is 2.29 bits per heavy atom. The van der Waals surface area contributed by atoms with E-state index in [0.29, 0.717) is 30.5 Å². The zero-order chi connectivity index (χ0) is 24.1. The molecule has 174 valence electrons. The minimum absolute atomic E-state index is 0.205. The van der Waals surface area contributed by atoms with Crippen LogP contribution in [0.5, 0.6) is 0 Å². The fourth-order valence-electron chi connectivity index (χ4n) is 3.96. The van der Waals surface area contributed by atoms with E-state index in [4.69, 9.17) is 0 Å². The maximum Gasteiger partial charge on any atom is 0.331 e. The molecule has 0 atom stereocenters. The lowest BCUT2D eigenvalue weighted by Crippen LogP contribution is -2.39. The van der Waals surface area contributed by atoms with Gasteiger partial charge in [0.1, 0.15) is 5.52 Å². The quantitative estimate of drug-likeness (QED) is 0.379. The summed E-state index contributed by atoms with van der Waals surface area (Å²) in [5.41, 5.74) is 3.79. The molecule has 2 N–H and O–H groups in total. The van der Waals surface area contributed by atoms with E-state index < -0.39 is 0 Å². The molecule has 1 amide bonds. The number of H-pyrrole nitrogens is 1. The van der Waals surface area contributed by atoms with Gasteiger partial charge in [-0.2, -0.15) is 0 Å². The van der Waals surface area contributed by atoms with E-state index in [0.717, 1.165) is 28.9 Å². The molecule has 7 heteroatoms. The summed E-state index contributed by atoms with van der Waals surface area (Å²) in [5.74, 6) is -0.205. The van der Waals surface area contributed by atoms with Gasteiger partial charge in [0.15, 0.2) is 0 Å². The normalized spacial score (nSPS) is 11.4. The van der Waals surface area contributed by atoms with Crippen LogP contribution in [0.15, 0.2) is 76.3 Å². The summed E-state index contributed by atoms with van der Waals surface area (Å²) in [6, 6.07) is 18.8. The summed E-state index contributed by atoms with van der Waals surface area (Å²) in [4.78, 5) is 41.2. The number of para-hydroxylation sites is 1. The van der Waals surface area contributed by atoms with Gasteiger partial charge in [0, 0.05) is 30.5 Å². The standard InChI is InChI=1S/C27H28N4O3/c1-3-16-30-23-18-22(29-25(23)26(33)31(17-4-2)27(30)34)20-13-10-19(11-14-20)12-15-24(32)28-21-8-6-5-7-9-21/h5-15,18,29H,3-4,16-17H2,1-2H3,(H,28,32)/b15-12+. The second kappa shape index (κ2) is 10.2. The molecule has 0 aliphatic rings. The van der Waals surface area contributed by atoms with Crippen LogP contribution in [0.25, 0.3) is 28.4 Å². The van der Waals surface area contributed by atoms with Gasteiger partial charge < -0.3 is 10.3 Å². The van der Waals surface area contributed by atoms with Crippen molar-refractivity contribution in [2.45, 2.75) is 39.8 Å². The summed E-state index contributed by atoms with van der Waals surface area (Å²) in [6.07, 6.45) is 4.73. The highest BCUT2D eigenvalue weighted by molar-refractivity contribution is 6.01. The van der Waals surface area contributed by atoms with Crippen LogP contribution < -0.4 is 16.6 Å². The second-order valence-electron chi connectivity index (χ2n) is 8.14. The molecule has 2 aromatic heterocycles. The van der Waals surface area contributed by atoms with Gasteiger partial charge in [-0.15, -0.1) is 0 Å². The molecule has 4 aromatic rings. The number of aromatic nitrogens is 3. The maximum atomic E-state index is 12.9. The van der Waals surface area contributed by atoms with Gasteiger partial charge >= 0.3 is 5.69 Å². The minimum Gasteiger partial charge on any atom is -0.349 e. The first-order chi connectivity index (χ1) is 16.5. The van der Waals surface area contributed by atoms with Gasteiger partial charge in [-0.3, -0.25) is 18.7 Å². The number of carbonyl (C=O) groups is 1. The molecule has 7 nitrogen and oxygen atoms in total. The molecule has 34 heavy (non-hydrogen) atoms. The molecule has 4 rings (SSSR count). The molecule has 0 bridgehead atoms. The number of hydrogen-bond acceptors (Lipinski definition) is 3. The van der Waals surface area contributed by atoms with Gasteiger partial charge in [-0.05, 0) is 48.2 Å². The fraction of sp³-hybridized carbons (Fsp3) is 0.222. The zero-order valence-corrected chi connectivity index (χ0v) is 19.4. The molecule has 0 spiro atoms. The first kappa shape index (κ1) is 23.0. The number of fused-ring (bicyclic) bond motifs is 1. The van der Waals surface area contributed by atoms with E-state index in [1.165, 1.54) is 10.6 Å². The first-order valence-corrected chi connectivity index (χ1v) is 11.5. The van der Waals surface area contributed by atoms with Crippen LogP contribution in [0.4, 0.5) is 5.69 Å². The van der Waals surface area contributed by atoms with Crippen molar-refractivity contribution in [2.75, 3.05) is 5.32 Å². The Kier molecular flexibility index (Phi) is 6.92. The summed E-state index contributed by atoms with van der Waals surface area (Å²) in [6.45, 7) is 4.89. The predicted molar refractivity (Wildman–Crippen MR) is 137 cm³/mol. The highest BCUT2D eigenvalue weighted by atomic mass is 16.2. The molecule has 0 aliphatic heterocycles. The number of nitrogens with one attached hydrogen (secondary N) is 2. The molecular weight excluding hydrogens is 428 g/mol. The van der Waals surface area contributed by atoms with Crippen LogP contribution in [-0.4, -0.2) is 20.0 Å². The zero-order valence-electron chi connectivity index (χ0n) is 19.4. The molecular formula is C27H28N4O3. The number of carbonyl (C=O) groups excluding carboxylic acids is 1. The van der Waals surface area contributed by atoms with Crippen molar-refractivity contribution in [2.24, 2.45) is 0 Å². The van der Waals surface area contributed by atoms with Gasteiger partial charge in [-0.1, -0.05) is 56.3 Å². The number of aryl methyl sites for hydroxylation is 1. The third-order valence-electron chi connectivity index (χ3n) is 5.59. The van der Waals surface area contributed by atoms with Crippen molar-refractivity contribution in [3.8, 4) is 11.3 Å². The van der Waals surface area contributed by atoms with E-state index in [2.05, 4.69) is 10.3 Å². The Morgan fingerprint density at radius 1 is 0.941 bits per heavy atom. The number of aromatic amines is 1. The summed E-state index contributed by atoms with van der Waals surface area (Å²) < 4.78 is 2.99. The molecule has 2 aromatic carbocycles. The van der Waals surface area contributed by atoms with E-state index in [-0.39, 0.29) is 17.2 Å². The van der Waals surface area contributed by atoms with Crippen molar-refractivity contribution in [3.05, 3.63) is 93.1 Å². The summed E-state index contributed by atoms with van der Waals surface area (Å²) in [7, 11) is 0. The van der Waals surface area contributed by atoms with E-state index >= 15 is 0 Å². The topological polar surface area (TPSA) is 88.9 Å². The number of benzene rings is 2. The van der Waals surface area contributed by atoms with Crippen molar-refractivity contribution in [3.63, 3.8) is 0 Å². The first-order valence-electron chi connectivity index (χ1n) is 11.5. The Balaban J connectivity index is 1.60. The summed E-state index contributed by atoms with van der Waals surface area (Å²) in [5, 5.41) is 2.81. The Labute approximate surface area is 197 Å². The molecule has 0 unspecified atom stereocenters. The lowest BCUT2D eigenvalue weighted by molar-refractivity contribution is -0.111. The number of anilines is 1. The fourth-order valence-corrected chi connectivity index (χ4v) is 3.96. The third-order valence-corrected chi connectivity index (χ3v) is 5.59. The van der Waals surface area contributed by atoms with Gasteiger partial charge in [0.2, 0.25) is 5.91 Å². The van der Waals surface area contributed by atoms with Crippen molar-refractivity contribution < 1.29 is 4.79 Å². The van der Waals surface area contributed by atoms with E-state index in [1.807, 2.05) is 74.5 Å². The third kappa shape index (κ3) is 4.78. The highest BCUT2D eigenvalue weighted by Gasteiger charge is 2.15. The molecule has 0 radical (unpaired) electrons. The molecule has 0 saturated heterocycles. The van der Waals surface area contributed by atoms with Crippen LogP contribution in [0.1, 0.15) is 32.3 Å². The number of amides is 1. The molecule has 0 fully saturated rings. The van der Waals surface area contributed by atoms with Crippen LogP contribution in [0.2, 0.25) is 0 Å². The van der Waals surface area contributed by atoms with Gasteiger partial charge in [0.25, 0.3) is 5.56 Å². The molecule has 0 saturated carbocycles. The maximum absolute atomic E-state index is 12.9. The van der Waals surface area contributed by atoms with Crippen LogP contribution in [0, 0.1) is 0 Å². The van der Waals surface area contributed by atoms with Gasteiger partial charge in [0.05, 0.1) is 5.52 Å². The Bertz CT molecular complexity index is 1440.